The zero-order valence-corrected chi connectivity index (χ0v) is 20.2. The highest BCUT2D eigenvalue weighted by molar-refractivity contribution is 6.30. The number of ether oxygens (including phenoxy) is 2. The second-order valence-corrected chi connectivity index (χ2v) is 8.76. The monoisotopic (exact) mass is 472 g/mol. The van der Waals surface area contributed by atoms with Gasteiger partial charge in [0.05, 0.1) is 25.4 Å². The summed E-state index contributed by atoms with van der Waals surface area (Å²) in [5.41, 5.74) is 2.56. The molecule has 7 heteroatoms. The van der Waals surface area contributed by atoms with Gasteiger partial charge in [0.25, 0.3) is 0 Å². The van der Waals surface area contributed by atoms with Crippen molar-refractivity contribution >= 4 is 23.5 Å². The fourth-order valence-corrected chi connectivity index (χ4v) is 4.01. The third-order valence-corrected chi connectivity index (χ3v) is 6.21. The highest BCUT2D eigenvalue weighted by Gasteiger charge is 2.24. The summed E-state index contributed by atoms with van der Waals surface area (Å²) in [7, 11) is 1.37. The zero-order valence-electron chi connectivity index (χ0n) is 19.5. The van der Waals surface area contributed by atoms with Crippen LogP contribution in [0.3, 0.4) is 0 Å². The summed E-state index contributed by atoms with van der Waals surface area (Å²) >= 11 is 6.09. The number of piperazine rings is 1. The molecular weight excluding hydrogens is 440 g/mol. The molecule has 0 bridgehead atoms. The minimum Gasteiger partial charge on any atom is -0.465 e. The van der Waals surface area contributed by atoms with Gasteiger partial charge in [-0.05, 0) is 41.8 Å². The van der Waals surface area contributed by atoms with Crippen LogP contribution in [0.25, 0.3) is 0 Å². The van der Waals surface area contributed by atoms with Gasteiger partial charge in [-0.3, -0.25) is 9.69 Å². The molecule has 0 radical (unpaired) electrons. The molecule has 1 heterocycles. The molecule has 178 valence electrons. The Morgan fingerprint density at radius 1 is 1.00 bits per heavy atom. The molecule has 1 amide bonds. The van der Waals surface area contributed by atoms with Gasteiger partial charge in [0.1, 0.15) is 0 Å². The highest BCUT2D eigenvalue weighted by Crippen LogP contribution is 2.23. The van der Waals surface area contributed by atoms with E-state index in [1.165, 1.54) is 7.11 Å². The maximum Gasteiger partial charge on any atom is 0.337 e. The lowest BCUT2D eigenvalue weighted by atomic mass is 10.1. The first-order valence-corrected chi connectivity index (χ1v) is 11.9. The maximum atomic E-state index is 12.3. The number of unbranched alkanes of at least 4 members (excludes halogenated alkanes) is 1. The number of carbonyl (C=O) groups excluding carboxylic acids is 2. The van der Waals surface area contributed by atoms with Gasteiger partial charge in [0.2, 0.25) is 5.91 Å². The average Bonchev–Trinajstić information content (AvgIpc) is 2.85. The van der Waals surface area contributed by atoms with E-state index >= 15 is 0 Å². The van der Waals surface area contributed by atoms with E-state index in [1.807, 2.05) is 41.3 Å². The number of esters is 1. The minimum absolute atomic E-state index is 0.134. The maximum absolute atomic E-state index is 12.3. The van der Waals surface area contributed by atoms with Crippen LogP contribution in [0.4, 0.5) is 0 Å². The Morgan fingerprint density at radius 2 is 1.67 bits per heavy atom. The Bertz CT molecular complexity index is 894. The summed E-state index contributed by atoms with van der Waals surface area (Å²) in [5, 5.41) is 0.690. The van der Waals surface area contributed by atoms with E-state index in [4.69, 9.17) is 21.1 Å². The van der Waals surface area contributed by atoms with E-state index in [0.717, 1.165) is 56.7 Å². The van der Waals surface area contributed by atoms with Crippen LogP contribution in [-0.2, 0) is 20.9 Å². The standard InChI is InChI=1S/C26H33ClN2O4/c1-3-4-5-25(30)29-16-14-28(15-17-29)18-24(21-10-12-23(27)13-11-21)33-19-20-6-8-22(9-7-20)26(31)32-2/h6-13,24H,3-5,14-19H2,1-2H3. The van der Waals surface area contributed by atoms with Crippen molar-refractivity contribution < 1.29 is 19.1 Å². The Labute approximate surface area is 201 Å². The molecule has 0 N–H and O–H groups in total. The number of benzene rings is 2. The third kappa shape index (κ3) is 7.56. The van der Waals surface area contributed by atoms with Crippen LogP contribution in [0.15, 0.2) is 48.5 Å². The van der Waals surface area contributed by atoms with Crippen LogP contribution in [0.2, 0.25) is 5.02 Å². The summed E-state index contributed by atoms with van der Waals surface area (Å²) in [4.78, 5) is 28.3. The first-order valence-electron chi connectivity index (χ1n) is 11.5. The normalized spacial score (nSPS) is 15.3. The Kier molecular flexibility index (Phi) is 9.73. The summed E-state index contributed by atoms with van der Waals surface area (Å²) in [5.74, 6) is -0.0915. The lowest BCUT2D eigenvalue weighted by Gasteiger charge is -2.36. The second kappa shape index (κ2) is 12.7. The molecule has 0 aliphatic carbocycles. The van der Waals surface area contributed by atoms with Crippen molar-refractivity contribution in [2.45, 2.75) is 38.9 Å². The average molecular weight is 473 g/mol. The second-order valence-electron chi connectivity index (χ2n) is 8.32. The van der Waals surface area contributed by atoms with Crippen LogP contribution in [0.1, 0.15) is 53.8 Å². The van der Waals surface area contributed by atoms with Gasteiger partial charge in [-0.1, -0.05) is 49.2 Å². The van der Waals surface area contributed by atoms with E-state index in [9.17, 15) is 9.59 Å². The molecule has 0 spiro atoms. The predicted octanol–water partition coefficient (Wildman–Crippen LogP) is 4.72. The summed E-state index contributed by atoms with van der Waals surface area (Å²) in [6.45, 7) is 6.44. The number of carbonyl (C=O) groups is 2. The zero-order chi connectivity index (χ0) is 23.6. The summed E-state index contributed by atoms with van der Waals surface area (Å²) in [6, 6.07) is 15.0. The van der Waals surface area contributed by atoms with E-state index in [1.54, 1.807) is 12.1 Å². The largest absolute Gasteiger partial charge is 0.465 e. The van der Waals surface area contributed by atoms with Crippen LogP contribution in [-0.4, -0.2) is 61.5 Å². The lowest BCUT2D eigenvalue weighted by molar-refractivity contribution is -0.133. The van der Waals surface area contributed by atoms with Crippen LogP contribution in [0, 0.1) is 0 Å². The fourth-order valence-electron chi connectivity index (χ4n) is 3.88. The molecule has 6 nitrogen and oxygen atoms in total. The minimum atomic E-state index is -0.353. The van der Waals surface area contributed by atoms with Gasteiger partial charge in [-0.25, -0.2) is 4.79 Å². The number of methoxy groups -OCH3 is 1. The van der Waals surface area contributed by atoms with Crippen LogP contribution in [0.5, 0.6) is 0 Å². The molecule has 0 aromatic heterocycles. The molecule has 2 aromatic rings. The third-order valence-electron chi connectivity index (χ3n) is 5.96. The van der Waals surface area contributed by atoms with Crippen molar-refractivity contribution in [3.63, 3.8) is 0 Å². The smallest absolute Gasteiger partial charge is 0.337 e. The number of hydrogen-bond acceptors (Lipinski definition) is 5. The molecule has 1 fully saturated rings. The van der Waals surface area contributed by atoms with E-state index in [0.29, 0.717) is 23.6 Å². The molecule has 1 atom stereocenters. The van der Waals surface area contributed by atoms with E-state index in [2.05, 4.69) is 11.8 Å². The van der Waals surface area contributed by atoms with Crippen molar-refractivity contribution in [3.8, 4) is 0 Å². The lowest BCUT2D eigenvalue weighted by Crippen LogP contribution is -2.49. The summed E-state index contributed by atoms with van der Waals surface area (Å²) in [6.07, 6.45) is 2.50. The van der Waals surface area contributed by atoms with Gasteiger partial charge in [0, 0.05) is 44.2 Å². The summed E-state index contributed by atoms with van der Waals surface area (Å²) < 4.78 is 11.1. The molecule has 3 rings (SSSR count). The predicted molar refractivity (Wildman–Crippen MR) is 129 cm³/mol. The van der Waals surface area contributed by atoms with E-state index < -0.39 is 0 Å². The Morgan fingerprint density at radius 3 is 2.27 bits per heavy atom. The quantitative estimate of drug-likeness (QED) is 0.468. The molecule has 1 saturated heterocycles. The number of nitrogens with zero attached hydrogens (tertiary/aromatic N) is 2. The molecule has 0 saturated carbocycles. The van der Waals surface area contributed by atoms with Crippen LogP contribution < -0.4 is 0 Å². The number of hydrogen-bond donors (Lipinski definition) is 0. The van der Waals surface area contributed by atoms with Gasteiger partial charge in [0.15, 0.2) is 0 Å². The van der Waals surface area contributed by atoms with Crippen molar-refractivity contribution in [2.24, 2.45) is 0 Å². The number of amides is 1. The molecule has 1 unspecified atom stereocenters. The Balaban J connectivity index is 1.60. The van der Waals surface area contributed by atoms with Gasteiger partial charge < -0.3 is 14.4 Å². The van der Waals surface area contributed by atoms with Crippen molar-refractivity contribution in [1.82, 2.24) is 9.80 Å². The van der Waals surface area contributed by atoms with Gasteiger partial charge in [-0.15, -0.1) is 0 Å². The van der Waals surface area contributed by atoms with Crippen molar-refractivity contribution in [3.05, 3.63) is 70.2 Å². The highest BCUT2D eigenvalue weighted by atomic mass is 35.5. The van der Waals surface area contributed by atoms with Gasteiger partial charge in [-0.2, -0.15) is 0 Å². The molecule has 1 aliphatic rings. The van der Waals surface area contributed by atoms with E-state index in [-0.39, 0.29) is 18.0 Å². The van der Waals surface area contributed by atoms with Crippen molar-refractivity contribution in [2.75, 3.05) is 39.8 Å². The molecule has 33 heavy (non-hydrogen) atoms. The Hall–Kier alpha value is -2.41. The molecule has 1 aliphatic heterocycles. The molecular formula is C26H33ClN2O4. The van der Waals surface area contributed by atoms with Crippen LogP contribution >= 0.6 is 11.6 Å². The van der Waals surface area contributed by atoms with Crippen molar-refractivity contribution in [1.29, 1.82) is 0 Å². The first-order chi connectivity index (χ1) is 16.0. The number of halogens is 1. The topological polar surface area (TPSA) is 59.1 Å². The SMILES string of the molecule is CCCCC(=O)N1CCN(CC(OCc2ccc(C(=O)OC)cc2)c2ccc(Cl)cc2)CC1. The number of rotatable bonds is 10. The first kappa shape index (κ1) is 25.2. The van der Waals surface area contributed by atoms with Gasteiger partial charge >= 0.3 is 5.97 Å². The fraction of sp³-hybridized carbons (Fsp3) is 0.462. The molecule has 2 aromatic carbocycles.